The van der Waals surface area contributed by atoms with Crippen molar-refractivity contribution >= 4 is 16.5 Å². The first-order chi connectivity index (χ1) is 11.5. The van der Waals surface area contributed by atoms with Crippen LogP contribution >= 0.6 is 0 Å². The van der Waals surface area contributed by atoms with Crippen LogP contribution in [0.3, 0.4) is 0 Å². The molecule has 0 bridgehead atoms. The van der Waals surface area contributed by atoms with Crippen LogP contribution in [0, 0.1) is 0 Å². The minimum atomic E-state index is -0.903. The third-order valence-electron chi connectivity index (χ3n) is 4.78. The first-order valence-corrected chi connectivity index (χ1v) is 10.0. The third kappa shape index (κ3) is 3.87. The van der Waals surface area contributed by atoms with Crippen LogP contribution in [0.15, 0.2) is 53.4 Å². The second-order valence-electron chi connectivity index (χ2n) is 6.72. The minimum absolute atomic E-state index is 0.491. The molecule has 24 heavy (non-hydrogen) atoms. The Kier molecular flexibility index (Phi) is 5.36. The molecule has 3 nitrogen and oxygen atoms in total. The molecule has 0 spiro atoms. The molecule has 2 aromatic rings. The molecule has 0 unspecified atom stereocenters. The van der Waals surface area contributed by atoms with E-state index in [1.165, 1.54) is 29.7 Å². The average molecular weight is 343 g/mol. The van der Waals surface area contributed by atoms with Gasteiger partial charge in [0.2, 0.25) is 0 Å². The van der Waals surface area contributed by atoms with Crippen LogP contribution in [0.1, 0.15) is 30.0 Å². The summed E-state index contributed by atoms with van der Waals surface area (Å²) < 4.78 is 11.5. The molecule has 2 aromatic carbocycles. The first kappa shape index (κ1) is 17.2. The second-order valence-corrected chi connectivity index (χ2v) is 8.10. The Morgan fingerprint density at radius 3 is 2.58 bits per heavy atom. The van der Waals surface area contributed by atoms with Crippen molar-refractivity contribution in [1.82, 2.24) is 4.90 Å². The number of hydrogen-bond acceptors (Lipinski definition) is 3. The van der Waals surface area contributed by atoms with E-state index < -0.39 is 10.8 Å². The predicted molar refractivity (Wildman–Crippen MR) is 102 cm³/mol. The van der Waals surface area contributed by atoms with E-state index in [0.29, 0.717) is 6.04 Å². The van der Waals surface area contributed by atoms with Gasteiger partial charge in [0.05, 0.1) is 0 Å². The molecule has 0 N–H and O–H groups in total. The number of nitrogens with zero attached hydrogens (tertiary/aromatic N) is 2. The van der Waals surface area contributed by atoms with Gasteiger partial charge in [0, 0.05) is 54.3 Å². The van der Waals surface area contributed by atoms with E-state index in [1.807, 2.05) is 12.1 Å². The van der Waals surface area contributed by atoms with E-state index in [1.54, 1.807) is 6.26 Å². The Bertz CT molecular complexity index is 712. The summed E-state index contributed by atoms with van der Waals surface area (Å²) in [5, 5.41) is 0. The van der Waals surface area contributed by atoms with Crippen LogP contribution in [-0.2, 0) is 17.3 Å². The fourth-order valence-electron chi connectivity index (χ4n) is 3.42. The van der Waals surface area contributed by atoms with Gasteiger partial charge in [-0.3, -0.25) is 9.11 Å². The molecule has 2 atom stereocenters. The fourth-order valence-corrected chi connectivity index (χ4v) is 3.94. The van der Waals surface area contributed by atoms with Crippen LogP contribution in [0.4, 0.5) is 5.69 Å². The summed E-state index contributed by atoms with van der Waals surface area (Å²) in [6.07, 6.45) is 4.19. The summed E-state index contributed by atoms with van der Waals surface area (Å²) in [5.74, 6) is 0. The highest BCUT2D eigenvalue weighted by molar-refractivity contribution is 7.84. The van der Waals surface area contributed by atoms with E-state index in [9.17, 15) is 4.21 Å². The molecule has 0 aliphatic carbocycles. The summed E-state index contributed by atoms with van der Waals surface area (Å²) in [7, 11) is 3.27. The van der Waals surface area contributed by atoms with Crippen LogP contribution in [0.2, 0.25) is 0 Å². The molecule has 128 valence electrons. The number of benzene rings is 2. The quantitative estimate of drug-likeness (QED) is 0.825. The number of likely N-dealkylation sites (tertiary alicyclic amines) is 1. The standard InChI is InChI=1S/C20H26N2OS/c1-21(2)18-7-4-6-17(14-18)20-8-5-13-22(20)15-16-9-11-19(12-10-16)24(3)23/h4,6-7,9-12,14,20H,5,8,13,15H2,1-3H3/t20-,24+/m1/s1. The molecule has 0 saturated carbocycles. The maximum absolute atomic E-state index is 11.5. The van der Waals surface area contributed by atoms with Crippen molar-refractivity contribution in [2.75, 3.05) is 31.8 Å². The molecule has 0 radical (unpaired) electrons. The molecule has 4 heteroatoms. The van der Waals surface area contributed by atoms with Crippen molar-refractivity contribution in [3.05, 3.63) is 59.7 Å². The molecule has 0 amide bonds. The van der Waals surface area contributed by atoms with Gasteiger partial charge in [-0.1, -0.05) is 24.3 Å². The van der Waals surface area contributed by atoms with Crippen LogP contribution in [-0.4, -0.2) is 36.0 Å². The zero-order chi connectivity index (χ0) is 17.1. The van der Waals surface area contributed by atoms with Crippen molar-refractivity contribution in [1.29, 1.82) is 0 Å². The van der Waals surface area contributed by atoms with Gasteiger partial charge in [-0.05, 0) is 54.8 Å². The summed E-state index contributed by atoms with van der Waals surface area (Å²) in [4.78, 5) is 5.62. The van der Waals surface area contributed by atoms with Crippen molar-refractivity contribution in [2.45, 2.75) is 30.3 Å². The largest absolute Gasteiger partial charge is 0.378 e. The third-order valence-corrected chi connectivity index (χ3v) is 5.71. The molecule has 0 aromatic heterocycles. The lowest BCUT2D eigenvalue weighted by molar-refractivity contribution is 0.248. The molecule has 1 aliphatic rings. The Morgan fingerprint density at radius 2 is 1.92 bits per heavy atom. The van der Waals surface area contributed by atoms with Gasteiger partial charge in [-0.25, -0.2) is 0 Å². The summed E-state index contributed by atoms with van der Waals surface area (Å²) >= 11 is 0. The second kappa shape index (κ2) is 7.49. The summed E-state index contributed by atoms with van der Waals surface area (Å²) in [6.45, 7) is 2.09. The maximum Gasteiger partial charge on any atom is 0.0498 e. The number of anilines is 1. The van der Waals surface area contributed by atoms with E-state index in [-0.39, 0.29) is 0 Å². The van der Waals surface area contributed by atoms with Crippen molar-refractivity contribution < 1.29 is 4.21 Å². The number of hydrogen-bond donors (Lipinski definition) is 0. The minimum Gasteiger partial charge on any atom is -0.378 e. The average Bonchev–Trinajstić information content (AvgIpc) is 3.03. The van der Waals surface area contributed by atoms with Crippen LogP contribution in [0.25, 0.3) is 0 Å². The lowest BCUT2D eigenvalue weighted by atomic mass is 10.0. The zero-order valence-electron chi connectivity index (χ0n) is 14.7. The highest BCUT2D eigenvalue weighted by Crippen LogP contribution is 2.34. The predicted octanol–water partition coefficient (Wildman–Crippen LogP) is 3.83. The SMILES string of the molecule is CN(C)c1cccc([C@H]2CCCN2Cc2ccc([S@](C)=O)cc2)c1. The smallest absolute Gasteiger partial charge is 0.0498 e. The lowest BCUT2D eigenvalue weighted by Gasteiger charge is -2.26. The van der Waals surface area contributed by atoms with Crippen LogP contribution < -0.4 is 4.90 Å². The van der Waals surface area contributed by atoms with E-state index in [4.69, 9.17) is 0 Å². The van der Waals surface area contributed by atoms with Crippen LogP contribution in [0.5, 0.6) is 0 Å². The van der Waals surface area contributed by atoms with Crippen molar-refractivity contribution in [3.63, 3.8) is 0 Å². The molecule has 1 fully saturated rings. The fraction of sp³-hybridized carbons (Fsp3) is 0.400. The van der Waals surface area contributed by atoms with Gasteiger partial charge in [0.25, 0.3) is 0 Å². The van der Waals surface area contributed by atoms with Gasteiger partial charge in [-0.15, -0.1) is 0 Å². The highest BCUT2D eigenvalue weighted by Gasteiger charge is 2.26. The van der Waals surface area contributed by atoms with Gasteiger partial charge in [0.15, 0.2) is 0 Å². The maximum atomic E-state index is 11.5. The van der Waals surface area contributed by atoms with Gasteiger partial charge >= 0.3 is 0 Å². The summed E-state index contributed by atoms with van der Waals surface area (Å²) in [6, 6.07) is 17.6. The normalized spacial score (nSPS) is 19.4. The Morgan fingerprint density at radius 1 is 1.17 bits per heavy atom. The molecule has 1 heterocycles. The van der Waals surface area contributed by atoms with E-state index in [0.717, 1.165) is 18.0 Å². The molecular formula is C20H26N2OS. The monoisotopic (exact) mass is 342 g/mol. The molecule has 1 aliphatic heterocycles. The lowest BCUT2D eigenvalue weighted by Crippen LogP contribution is -2.23. The van der Waals surface area contributed by atoms with Gasteiger partial charge in [-0.2, -0.15) is 0 Å². The molecule has 1 saturated heterocycles. The van der Waals surface area contributed by atoms with Gasteiger partial charge in [0.1, 0.15) is 0 Å². The highest BCUT2D eigenvalue weighted by atomic mass is 32.2. The van der Waals surface area contributed by atoms with Crippen molar-refractivity contribution in [2.24, 2.45) is 0 Å². The van der Waals surface area contributed by atoms with Crippen molar-refractivity contribution in [3.8, 4) is 0 Å². The topological polar surface area (TPSA) is 23.6 Å². The Balaban J connectivity index is 1.76. The zero-order valence-corrected chi connectivity index (χ0v) is 15.6. The first-order valence-electron chi connectivity index (χ1n) is 8.48. The number of rotatable bonds is 5. The molecular weight excluding hydrogens is 316 g/mol. The summed E-state index contributed by atoms with van der Waals surface area (Å²) in [5.41, 5.74) is 3.96. The van der Waals surface area contributed by atoms with Gasteiger partial charge < -0.3 is 4.90 Å². The Hall–Kier alpha value is -1.65. The molecule has 3 rings (SSSR count). The van der Waals surface area contributed by atoms with E-state index in [2.05, 4.69) is 60.3 Å². The van der Waals surface area contributed by atoms with E-state index >= 15 is 0 Å². The Labute approximate surface area is 147 Å².